The number of halogens is 1. The zero-order valence-electron chi connectivity index (χ0n) is 14.9. The Hall–Kier alpha value is -2.16. The van der Waals surface area contributed by atoms with Crippen molar-refractivity contribution in [3.05, 3.63) is 95.0 Å². The second kappa shape index (κ2) is 8.69. The summed E-state index contributed by atoms with van der Waals surface area (Å²) in [5.74, 6) is -0.393. The van der Waals surface area contributed by atoms with Gasteiger partial charge in [-0.15, -0.1) is 0 Å². The summed E-state index contributed by atoms with van der Waals surface area (Å²) in [7, 11) is -3.00. The van der Waals surface area contributed by atoms with E-state index in [0.29, 0.717) is 0 Å². The van der Waals surface area contributed by atoms with Crippen LogP contribution in [0, 0.1) is 0 Å². The van der Waals surface area contributed by atoms with Crippen LogP contribution in [-0.2, 0) is 14.1 Å². The topological polar surface area (TPSA) is 43.4 Å². The van der Waals surface area contributed by atoms with Crippen molar-refractivity contribution in [3.8, 4) is 0 Å². The molecule has 5 heteroatoms. The molecule has 0 spiro atoms. The van der Waals surface area contributed by atoms with E-state index in [0.717, 1.165) is 20.6 Å². The lowest BCUT2D eigenvalue weighted by atomic mass is 10.1. The molecule has 3 aromatic carbocycles. The fraction of sp³-hybridized carbons (Fsp3) is 0.136. The van der Waals surface area contributed by atoms with Crippen molar-refractivity contribution in [1.82, 2.24) is 0 Å². The number of esters is 1. The van der Waals surface area contributed by atoms with Gasteiger partial charge in [0.05, 0.1) is 6.16 Å². The minimum Gasteiger partial charge on any atom is -0.457 e. The smallest absolute Gasteiger partial charge is 0.303 e. The van der Waals surface area contributed by atoms with E-state index in [1.807, 2.05) is 84.9 Å². The molecule has 1 atom stereocenters. The summed E-state index contributed by atoms with van der Waals surface area (Å²) in [5.41, 5.74) is 0.820. The molecule has 0 aliphatic heterocycles. The first-order valence-corrected chi connectivity index (χ1v) is 11.3. The van der Waals surface area contributed by atoms with Crippen LogP contribution in [0.2, 0.25) is 0 Å². The minimum atomic E-state index is -3.00. The highest BCUT2D eigenvalue weighted by Gasteiger charge is 2.32. The maximum absolute atomic E-state index is 14.2. The Morgan fingerprint density at radius 1 is 0.889 bits per heavy atom. The quantitative estimate of drug-likeness (QED) is 0.395. The molecule has 0 radical (unpaired) electrons. The maximum Gasteiger partial charge on any atom is 0.303 e. The van der Waals surface area contributed by atoms with Crippen molar-refractivity contribution in [2.45, 2.75) is 13.0 Å². The van der Waals surface area contributed by atoms with Crippen LogP contribution in [0.25, 0.3) is 0 Å². The van der Waals surface area contributed by atoms with Gasteiger partial charge in [0.15, 0.2) is 0 Å². The lowest BCUT2D eigenvalue weighted by Gasteiger charge is -2.25. The highest BCUT2D eigenvalue weighted by atomic mass is 79.9. The van der Waals surface area contributed by atoms with Crippen molar-refractivity contribution in [2.24, 2.45) is 0 Å². The van der Waals surface area contributed by atoms with Crippen LogP contribution in [0.5, 0.6) is 0 Å². The molecule has 0 fully saturated rings. The van der Waals surface area contributed by atoms with E-state index in [2.05, 4.69) is 15.9 Å². The summed E-state index contributed by atoms with van der Waals surface area (Å²) >= 11 is 3.42. The van der Waals surface area contributed by atoms with Crippen LogP contribution >= 0.6 is 23.1 Å². The molecule has 0 saturated carbocycles. The van der Waals surface area contributed by atoms with Gasteiger partial charge in [-0.1, -0.05) is 88.7 Å². The van der Waals surface area contributed by atoms with Crippen LogP contribution in [0.15, 0.2) is 89.4 Å². The Bertz CT molecular complexity index is 897. The van der Waals surface area contributed by atoms with E-state index in [9.17, 15) is 9.36 Å². The van der Waals surface area contributed by atoms with Gasteiger partial charge in [-0.25, -0.2) is 0 Å². The van der Waals surface area contributed by atoms with E-state index in [1.54, 1.807) is 0 Å². The summed E-state index contributed by atoms with van der Waals surface area (Å²) < 4.78 is 20.8. The summed E-state index contributed by atoms with van der Waals surface area (Å²) in [5, 5.41) is 1.51. The van der Waals surface area contributed by atoms with Crippen LogP contribution in [-0.4, -0.2) is 12.1 Å². The van der Waals surface area contributed by atoms with Gasteiger partial charge in [-0.2, -0.15) is 0 Å². The Kier molecular flexibility index (Phi) is 6.30. The molecule has 0 saturated heterocycles. The molecule has 0 aliphatic carbocycles. The third-order valence-electron chi connectivity index (χ3n) is 4.32. The summed E-state index contributed by atoms with van der Waals surface area (Å²) in [6, 6.07) is 26.4. The average Bonchev–Trinajstić information content (AvgIpc) is 2.69. The number of hydrogen-bond donors (Lipinski definition) is 0. The molecule has 0 heterocycles. The van der Waals surface area contributed by atoms with Gasteiger partial charge in [-0.3, -0.25) is 4.79 Å². The molecule has 1 unspecified atom stereocenters. The lowest BCUT2D eigenvalue weighted by Crippen LogP contribution is -2.23. The Labute approximate surface area is 167 Å². The van der Waals surface area contributed by atoms with Gasteiger partial charge >= 0.3 is 5.97 Å². The van der Waals surface area contributed by atoms with Gasteiger partial charge in [0, 0.05) is 22.0 Å². The SMILES string of the molecule is CC(=O)OC(CP(=O)(c1ccccc1)c1ccccc1)c1ccc(Br)cc1. The standard InChI is InChI=1S/C22H20BrO3P/c1-17(24)26-22(18-12-14-19(23)15-13-18)16-27(25,20-8-4-2-5-9-20)21-10-6-3-7-11-21/h2-15,22H,16H2,1H3. The van der Waals surface area contributed by atoms with Gasteiger partial charge in [0.2, 0.25) is 0 Å². The van der Waals surface area contributed by atoms with Gasteiger partial charge in [0.1, 0.15) is 13.2 Å². The van der Waals surface area contributed by atoms with Crippen LogP contribution in [0.1, 0.15) is 18.6 Å². The number of ether oxygens (including phenoxy) is 1. The fourth-order valence-corrected chi connectivity index (χ4v) is 6.06. The second-order valence-corrected chi connectivity index (χ2v) is 10.0. The number of carbonyl (C=O) groups excluding carboxylic acids is 1. The Balaban J connectivity index is 2.07. The van der Waals surface area contributed by atoms with Crippen molar-refractivity contribution in [2.75, 3.05) is 6.16 Å². The van der Waals surface area contributed by atoms with E-state index >= 15 is 0 Å². The molecule has 0 aliphatic rings. The molecule has 0 bridgehead atoms. The van der Waals surface area contributed by atoms with Crippen LogP contribution < -0.4 is 10.6 Å². The normalized spacial score (nSPS) is 12.4. The largest absolute Gasteiger partial charge is 0.457 e. The zero-order valence-corrected chi connectivity index (χ0v) is 17.4. The summed E-state index contributed by atoms with van der Waals surface area (Å²) in [4.78, 5) is 11.7. The van der Waals surface area contributed by atoms with E-state index < -0.39 is 19.2 Å². The molecule has 27 heavy (non-hydrogen) atoms. The minimum absolute atomic E-state index is 0.211. The Morgan fingerprint density at radius 2 is 1.37 bits per heavy atom. The molecular weight excluding hydrogens is 423 g/mol. The zero-order chi connectivity index (χ0) is 19.3. The number of hydrogen-bond acceptors (Lipinski definition) is 3. The second-order valence-electron chi connectivity index (χ2n) is 6.24. The molecule has 138 valence electrons. The molecule has 0 amide bonds. The van der Waals surface area contributed by atoms with Crippen LogP contribution in [0.4, 0.5) is 0 Å². The third kappa shape index (κ3) is 4.77. The first-order chi connectivity index (χ1) is 13.0. The van der Waals surface area contributed by atoms with Gasteiger partial charge < -0.3 is 9.30 Å². The van der Waals surface area contributed by atoms with Crippen molar-refractivity contribution in [3.63, 3.8) is 0 Å². The molecular formula is C22H20BrO3P. The number of carbonyl (C=O) groups is 1. The number of benzene rings is 3. The van der Waals surface area contributed by atoms with Gasteiger partial charge in [0.25, 0.3) is 0 Å². The predicted molar refractivity (Wildman–Crippen MR) is 113 cm³/mol. The lowest BCUT2D eigenvalue weighted by molar-refractivity contribution is -0.145. The molecule has 3 rings (SSSR count). The van der Waals surface area contributed by atoms with E-state index in [4.69, 9.17) is 4.74 Å². The van der Waals surface area contributed by atoms with E-state index in [-0.39, 0.29) is 6.16 Å². The first-order valence-electron chi connectivity index (χ1n) is 8.62. The summed E-state index contributed by atoms with van der Waals surface area (Å²) in [6.45, 7) is 1.38. The van der Waals surface area contributed by atoms with Crippen molar-refractivity contribution in [1.29, 1.82) is 0 Å². The molecule has 3 nitrogen and oxygen atoms in total. The third-order valence-corrected chi connectivity index (χ3v) is 7.96. The maximum atomic E-state index is 14.2. The molecule has 3 aromatic rings. The molecule has 0 N–H and O–H groups in total. The average molecular weight is 443 g/mol. The highest BCUT2D eigenvalue weighted by Crippen LogP contribution is 2.47. The van der Waals surface area contributed by atoms with Gasteiger partial charge in [-0.05, 0) is 17.7 Å². The van der Waals surface area contributed by atoms with E-state index in [1.165, 1.54) is 6.92 Å². The van der Waals surface area contributed by atoms with Crippen molar-refractivity contribution >= 4 is 39.7 Å². The monoisotopic (exact) mass is 442 g/mol. The van der Waals surface area contributed by atoms with Crippen LogP contribution in [0.3, 0.4) is 0 Å². The molecule has 0 aromatic heterocycles. The Morgan fingerprint density at radius 3 is 1.81 bits per heavy atom. The summed E-state index contributed by atoms with van der Waals surface area (Å²) in [6.07, 6.45) is -0.385. The number of rotatable bonds is 6. The highest BCUT2D eigenvalue weighted by molar-refractivity contribution is 9.10. The predicted octanol–water partition coefficient (Wildman–Crippen LogP) is 5.07. The first kappa shape index (κ1) is 19.6. The fourth-order valence-electron chi connectivity index (χ4n) is 3.02. The van der Waals surface area contributed by atoms with Crippen molar-refractivity contribution < 1.29 is 14.1 Å².